The predicted molar refractivity (Wildman–Crippen MR) is 121 cm³/mol. The van der Waals surface area contributed by atoms with Crippen molar-refractivity contribution in [3.63, 3.8) is 0 Å². The van der Waals surface area contributed by atoms with Gasteiger partial charge in [-0.3, -0.25) is 0 Å². The molecule has 2 heterocycles. The zero-order valence-electron chi connectivity index (χ0n) is 16.9. The molecule has 0 spiro atoms. The highest BCUT2D eigenvalue weighted by atomic mass is 35.5. The SMILES string of the molecule is [O-][NH+](O)c1ccc(C=NNc2nc(Nc3ccc(Cl)cc3)nc(N3CCOCC3)n2)cc1. The molecule has 12 heteroatoms. The van der Waals surface area contributed by atoms with Crippen LogP contribution in [0.1, 0.15) is 5.56 Å². The number of hydrogen-bond acceptors (Lipinski definition) is 10. The summed E-state index contributed by atoms with van der Waals surface area (Å²) in [5.41, 5.74) is 4.53. The Labute approximate surface area is 188 Å². The van der Waals surface area contributed by atoms with E-state index >= 15 is 0 Å². The lowest BCUT2D eigenvalue weighted by Crippen LogP contribution is -2.99. The molecule has 0 saturated carbocycles. The topological polar surface area (TPSA) is 135 Å². The standard InChI is InChI=1S/C20H21ClN8O3/c21-15-3-5-16(6-4-15)23-18-24-19(26-20(25-18)28-9-11-32-12-10-28)27-22-13-14-1-7-17(8-2-14)29(30)31/h1-8,13,29-30H,9-12H2,(H2,23,24,25,26,27). The second kappa shape index (κ2) is 10.3. The van der Waals surface area contributed by atoms with E-state index in [1.807, 2.05) is 17.0 Å². The molecule has 4 rings (SSSR count). The maximum atomic E-state index is 11.0. The number of aromatic nitrogens is 3. The summed E-state index contributed by atoms with van der Waals surface area (Å²) in [6.07, 6.45) is 1.55. The van der Waals surface area contributed by atoms with Gasteiger partial charge in [-0.25, -0.2) is 10.6 Å². The first-order valence-corrected chi connectivity index (χ1v) is 10.2. The highest BCUT2D eigenvalue weighted by Gasteiger charge is 2.16. The number of hydrazone groups is 1. The Bertz CT molecular complexity index is 1060. The molecule has 11 nitrogen and oxygen atoms in total. The molecular weight excluding hydrogens is 436 g/mol. The minimum Gasteiger partial charge on any atom is -0.595 e. The number of halogens is 1. The van der Waals surface area contributed by atoms with Gasteiger partial charge in [-0.15, -0.1) is 0 Å². The highest BCUT2D eigenvalue weighted by molar-refractivity contribution is 6.30. The smallest absolute Gasteiger partial charge is 0.250 e. The highest BCUT2D eigenvalue weighted by Crippen LogP contribution is 2.20. The molecule has 4 N–H and O–H groups in total. The van der Waals surface area contributed by atoms with E-state index in [1.165, 1.54) is 12.1 Å². The molecule has 1 aliphatic heterocycles. The first-order chi connectivity index (χ1) is 15.6. The van der Waals surface area contributed by atoms with E-state index in [4.69, 9.17) is 21.5 Å². The van der Waals surface area contributed by atoms with Crippen LogP contribution in [0.15, 0.2) is 53.6 Å². The van der Waals surface area contributed by atoms with E-state index in [1.54, 1.807) is 30.5 Å². The van der Waals surface area contributed by atoms with E-state index in [0.29, 0.717) is 43.2 Å². The number of morpholine rings is 1. The Morgan fingerprint density at radius 1 is 1.03 bits per heavy atom. The minimum absolute atomic E-state index is 0.209. The number of quaternary nitrogens is 1. The molecule has 0 amide bonds. The van der Waals surface area contributed by atoms with Crippen molar-refractivity contribution in [3.05, 3.63) is 64.3 Å². The monoisotopic (exact) mass is 456 g/mol. The first kappa shape index (κ1) is 21.9. The van der Waals surface area contributed by atoms with Crippen LogP contribution in [0.3, 0.4) is 0 Å². The molecule has 1 saturated heterocycles. The van der Waals surface area contributed by atoms with E-state index in [2.05, 4.69) is 30.8 Å². The lowest BCUT2D eigenvalue weighted by molar-refractivity contribution is -0.991. The number of nitrogens with one attached hydrogen (secondary N) is 3. The Morgan fingerprint density at radius 3 is 2.41 bits per heavy atom. The fourth-order valence-corrected chi connectivity index (χ4v) is 3.04. The number of anilines is 4. The first-order valence-electron chi connectivity index (χ1n) is 9.80. The van der Waals surface area contributed by atoms with E-state index in [9.17, 15) is 5.21 Å². The van der Waals surface area contributed by atoms with Crippen LogP contribution in [0, 0.1) is 5.21 Å². The fourth-order valence-electron chi connectivity index (χ4n) is 2.91. The zero-order valence-corrected chi connectivity index (χ0v) is 17.7. The maximum Gasteiger partial charge on any atom is 0.250 e. The van der Waals surface area contributed by atoms with Crippen LogP contribution in [-0.4, -0.2) is 52.7 Å². The summed E-state index contributed by atoms with van der Waals surface area (Å²) in [5, 5.41) is 26.9. The van der Waals surface area contributed by atoms with Gasteiger partial charge in [0.05, 0.1) is 19.4 Å². The summed E-state index contributed by atoms with van der Waals surface area (Å²) >= 11 is 5.96. The molecule has 1 unspecified atom stereocenters. The van der Waals surface area contributed by atoms with Crippen molar-refractivity contribution in [3.8, 4) is 0 Å². The van der Waals surface area contributed by atoms with Gasteiger partial charge in [0.25, 0.3) is 0 Å². The van der Waals surface area contributed by atoms with E-state index in [0.717, 1.165) is 11.3 Å². The van der Waals surface area contributed by atoms with Crippen molar-refractivity contribution < 1.29 is 15.2 Å². The summed E-state index contributed by atoms with van der Waals surface area (Å²) in [7, 11) is 0. The summed E-state index contributed by atoms with van der Waals surface area (Å²) in [6.45, 7) is 2.53. The summed E-state index contributed by atoms with van der Waals surface area (Å²) in [6, 6.07) is 13.5. The minimum atomic E-state index is -0.979. The van der Waals surface area contributed by atoms with Crippen LogP contribution in [0.2, 0.25) is 5.02 Å². The van der Waals surface area contributed by atoms with Crippen molar-refractivity contribution in [1.29, 1.82) is 0 Å². The van der Waals surface area contributed by atoms with Gasteiger partial charge in [0.2, 0.25) is 17.8 Å². The molecule has 1 aromatic heterocycles. The van der Waals surface area contributed by atoms with Crippen LogP contribution < -0.4 is 20.9 Å². The van der Waals surface area contributed by atoms with Crippen LogP contribution >= 0.6 is 11.6 Å². The van der Waals surface area contributed by atoms with Gasteiger partial charge >= 0.3 is 0 Å². The molecule has 1 fully saturated rings. The van der Waals surface area contributed by atoms with Gasteiger partial charge in [0.15, 0.2) is 5.69 Å². The third-order valence-corrected chi connectivity index (χ3v) is 4.81. The summed E-state index contributed by atoms with van der Waals surface area (Å²) < 4.78 is 5.41. The van der Waals surface area contributed by atoms with E-state index < -0.39 is 5.23 Å². The van der Waals surface area contributed by atoms with Gasteiger partial charge in [0, 0.05) is 35.9 Å². The van der Waals surface area contributed by atoms with Crippen LogP contribution in [0.4, 0.5) is 29.2 Å². The molecule has 2 aromatic carbocycles. The van der Waals surface area contributed by atoms with Crippen LogP contribution in [-0.2, 0) is 4.74 Å². The maximum absolute atomic E-state index is 11.0. The van der Waals surface area contributed by atoms with Crippen LogP contribution in [0.5, 0.6) is 0 Å². The lowest BCUT2D eigenvalue weighted by Gasteiger charge is -2.27. The quantitative estimate of drug-likeness (QED) is 0.310. The molecule has 32 heavy (non-hydrogen) atoms. The third kappa shape index (κ3) is 5.87. The van der Waals surface area contributed by atoms with Gasteiger partial charge < -0.3 is 20.2 Å². The summed E-state index contributed by atoms with van der Waals surface area (Å²) in [5.74, 6) is 1.12. The number of ether oxygens (including phenoxy) is 1. The van der Waals surface area contributed by atoms with Gasteiger partial charge in [-0.05, 0) is 42.0 Å². The Hall–Kier alpha value is -3.35. The molecule has 0 bridgehead atoms. The van der Waals surface area contributed by atoms with Crippen LogP contribution in [0.25, 0.3) is 0 Å². The Morgan fingerprint density at radius 2 is 1.72 bits per heavy atom. The van der Waals surface area contributed by atoms with Crippen molar-refractivity contribution in [2.75, 3.05) is 41.9 Å². The lowest BCUT2D eigenvalue weighted by atomic mass is 10.2. The zero-order chi connectivity index (χ0) is 22.3. The molecule has 166 valence electrons. The van der Waals surface area contributed by atoms with Crippen molar-refractivity contribution in [2.24, 2.45) is 5.10 Å². The Balaban J connectivity index is 1.53. The number of nitrogens with zero attached hydrogens (tertiary/aromatic N) is 5. The van der Waals surface area contributed by atoms with Gasteiger partial charge in [0.1, 0.15) is 0 Å². The van der Waals surface area contributed by atoms with Crippen molar-refractivity contribution in [1.82, 2.24) is 15.0 Å². The third-order valence-electron chi connectivity index (χ3n) is 4.55. The normalized spacial score (nSPS) is 15.0. The number of hydrogen-bond donors (Lipinski definition) is 4. The predicted octanol–water partition coefficient (Wildman–Crippen LogP) is 1.95. The Kier molecular flexibility index (Phi) is 7.04. The average Bonchev–Trinajstić information content (AvgIpc) is 2.81. The largest absolute Gasteiger partial charge is 0.595 e. The molecule has 1 aliphatic rings. The van der Waals surface area contributed by atoms with E-state index in [-0.39, 0.29) is 11.6 Å². The molecule has 0 radical (unpaired) electrons. The molecule has 1 atom stereocenters. The number of rotatable bonds is 7. The number of benzene rings is 2. The molecule has 3 aromatic rings. The fraction of sp³-hybridized carbons (Fsp3) is 0.200. The van der Waals surface area contributed by atoms with Gasteiger partial charge in [-0.1, -0.05) is 11.6 Å². The van der Waals surface area contributed by atoms with Crippen molar-refractivity contribution >= 4 is 47.0 Å². The van der Waals surface area contributed by atoms with Gasteiger partial charge in [-0.2, -0.15) is 25.3 Å². The summed E-state index contributed by atoms with van der Waals surface area (Å²) in [4.78, 5) is 15.4. The molecule has 0 aliphatic carbocycles. The molecular formula is C20H21ClN8O3. The van der Waals surface area contributed by atoms with Crippen molar-refractivity contribution in [2.45, 2.75) is 0 Å². The second-order valence-electron chi connectivity index (χ2n) is 6.81. The second-order valence-corrected chi connectivity index (χ2v) is 7.25. The average molecular weight is 457 g/mol.